The Morgan fingerprint density at radius 2 is 2.31 bits per heavy atom. The molecule has 0 aromatic rings. The molecular weight excluding hydrogens is 190 g/mol. The standard InChI is InChI=1S/C9H17NO2.ClH/c1-2-3-6-10-7-4-5-8(10)9(11)12;/h8H,2-7H2,1H3,(H,11,12);1H. The second-order valence-electron chi connectivity index (χ2n) is 3.39. The Bertz CT molecular complexity index is 164. The quantitative estimate of drug-likeness (QED) is 0.764. The number of carboxylic acids is 1. The number of unbranched alkanes of at least 4 members (excludes halogenated alkanes) is 1. The third kappa shape index (κ3) is 3.53. The summed E-state index contributed by atoms with van der Waals surface area (Å²) in [6.45, 7) is 4.05. The highest BCUT2D eigenvalue weighted by atomic mass is 35.5. The molecule has 1 fully saturated rings. The van der Waals surface area contributed by atoms with Crippen molar-refractivity contribution in [3.05, 3.63) is 0 Å². The molecule has 3 nitrogen and oxygen atoms in total. The number of likely N-dealkylation sites (tertiary alicyclic amines) is 1. The van der Waals surface area contributed by atoms with Crippen LogP contribution in [0.15, 0.2) is 0 Å². The lowest BCUT2D eigenvalue weighted by molar-refractivity contribution is -0.142. The first-order valence-electron chi connectivity index (χ1n) is 4.72. The fourth-order valence-electron chi connectivity index (χ4n) is 1.73. The van der Waals surface area contributed by atoms with Crippen LogP contribution < -0.4 is 0 Å². The highest BCUT2D eigenvalue weighted by Crippen LogP contribution is 2.17. The number of rotatable bonds is 4. The van der Waals surface area contributed by atoms with Gasteiger partial charge in [0.1, 0.15) is 6.04 Å². The minimum atomic E-state index is -0.649. The molecule has 13 heavy (non-hydrogen) atoms. The van der Waals surface area contributed by atoms with E-state index < -0.39 is 5.97 Å². The minimum absolute atomic E-state index is 0. The number of nitrogens with zero attached hydrogens (tertiary/aromatic N) is 1. The maximum Gasteiger partial charge on any atom is 0.320 e. The van der Waals surface area contributed by atoms with Gasteiger partial charge >= 0.3 is 5.97 Å². The zero-order valence-electron chi connectivity index (χ0n) is 8.03. The lowest BCUT2D eigenvalue weighted by Gasteiger charge is -2.20. The molecular formula is C9H18ClNO2. The summed E-state index contributed by atoms with van der Waals surface area (Å²) in [7, 11) is 0. The highest BCUT2D eigenvalue weighted by Gasteiger charge is 2.29. The molecule has 78 valence electrons. The second kappa shape index (κ2) is 6.22. The number of carbonyl (C=O) groups is 1. The van der Waals surface area contributed by atoms with Crippen molar-refractivity contribution in [1.82, 2.24) is 4.90 Å². The van der Waals surface area contributed by atoms with E-state index in [0.717, 1.165) is 38.8 Å². The van der Waals surface area contributed by atoms with Gasteiger partial charge in [0.05, 0.1) is 0 Å². The van der Waals surface area contributed by atoms with Gasteiger partial charge in [-0.25, -0.2) is 0 Å². The largest absolute Gasteiger partial charge is 0.480 e. The number of carboxylic acid groups (broad SMARTS) is 1. The summed E-state index contributed by atoms with van der Waals surface area (Å²) in [5.41, 5.74) is 0. The van der Waals surface area contributed by atoms with Crippen LogP contribution in [0.2, 0.25) is 0 Å². The Balaban J connectivity index is 0.00000144. The molecule has 0 radical (unpaired) electrons. The molecule has 1 aliphatic rings. The summed E-state index contributed by atoms with van der Waals surface area (Å²) in [6, 6.07) is -0.198. The van der Waals surface area contributed by atoms with Crippen molar-refractivity contribution < 1.29 is 9.90 Å². The van der Waals surface area contributed by atoms with Crippen LogP contribution in [0.5, 0.6) is 0 Å². The van der Waals surface area contributed by atoms with Gasteiger partial charge in [-0.1, -0.05) is 13.3 Å². The predicted octanol–water partition coefficient (Wildman–Crippen LogP) is 1.76. The fourth-order valence-corrected chi connectivity index (χ4v) is 1.73. The van der Waals surface area contributed by atoms with Crippen LogP contribution in [0.1, 0.15) is 32.6 Å². The van der Waals surface area contributed by atoms with Crippen molar-refractivity contribution in [1.29, 1.82) is 0 Å². The molecule has 1 heterocycles. The number of halogens is 1. The van der Waals surface area contributed by atoms with Crippen LogP contribution in [0.4, 0.5) is 0 Å². The molecule has 4 heteroatoms. The van der Waals surface area contributed by atoms with Gasteiger partial charge in [-0.2, -0.15) is 0 Å². The van der Waals surface area contributed by atoms with Crippen molar-refractivity contribution in [2.24, 2.45) is 0 Å². The molecule has 1 unspecified atom stereocenters. The van der Waals surface area contributed by atoms with E-state index in [2.05, 4.69) is 11.8 Å². The van der Waals surface area contributed by atoms with Crippen LogP contribution in [0, 0.1) is 0 Å². The van der Waals surface area contributed by atoms with Gasteiger partial charge in [-0.15, -0.1) is 12.4 Å². The molecule has 1 aliphatic heterocycles. The van der Waals surface area contributed by atoms with Crippen molar-refractivity contribution in [2.75, 3.05) is 13.1 Å². The zero-order valence-corrected chi connectivity index (χ0v) is 8.85. The average Bonchev–Trinajstić information content (AvgIpc) is 2.48. The third-order valence-electron chi connectivity index (χ3n) is 2.45. The van der Waals surface area contributed by atoms with E-state index in [1.165, 1.54) is 0 Å². The van der Waals surface area contributed by atoms with Gasteiger partial charge in [0.2, 0.25) is 0 Å². The molecule has 0 saturated carbocycles. The number of hydrogen-bond acceptors (Lipinski definition) is 2. The van der Waals surface area contributed by atoms with E-state index in [0.29, 0.717) is 0 Å². The molecule has 1 saturated heterocycles. The summed E-state index contributed by atoms with van der Waals surface area (Å²) in [5, 5.41) is 8.84. The Morgan fingerprint density at radius 3 is 2.85 bits per heavy atom. The summed E-state index contributed by atoms with van der Waals surface area (Å²) >= 11 is 0. The maximum absolute atomic E-state index is 10.7. The smallest absolute Gasteiger partial charge is 0.320 e. The molecule has 1 atom stereocenters. The summed E-state index contributed by atoms with van der Waals surface area (Å²) in [6.07, 6.45) is 4.13. The van der Waals surface area contributed by atoms with E-state index in [4.69, 9.17) is 5.11 Å². The maximum atomic E-state index is 10.7. The number of aliphatic carboxylic acids is 1. The highest BCUT2D eigenvalue weighted by molar-refractivity contribution is 5.85. The lowest BCUT2D eigenvalue weighted by atomic mass is 10.2. The average molecular weight is 208 g/mol. The predicted molar refractivity (Wildman–Crippen MR) is 54.4 cm³/mol. The topological polar surface area (TPSA) is 40.5 Å². The van der Waals surface area contributed by atoms with E-state index in [1.54, 1.807) is 0 Å². The Morgan fingerprint density at radius 1 is 1.62 bits per heavy atom. The van der Waals surface area contributed by atoms with Gasteiger partial charge in [0, 0.05) is 0 Å². The van der Waals surface area contributed by atoms with Gasteiger partial charge in [-0.3, -0.25) is 9.69 Å². The molecule has 0 aromatic heterocycles. The van der Waals surface area contributed by atoms with E-state index in [-0.39, 0.29) is 18.4 Å². The SMILES string of the molecule is CCCCN1CCCC1C(=O)O.Cl. The third-order valence-corrected chi connectivity index (χ3v) is 2.45. The Kier molecular flexibility index (Phi) is 6.08. The summed E-state index contributed by atoms with van der Waals surface area (Å²) < 4.78 is 0. The van der Waals surface area contributed by atoms with E-state index in [9.17, 15) is 4.79 Å². The van der Waals surface area contributed by atoms with Crippen LogP contribution in [0.25, 0.3) is 0 Å². The van der Waals surface area contributed by atoms with Gasteiger partial charge in [0.15, 0.2) is 0 Å². The molecule has 0 aliphatic carbocycles. The molecule has 1 rings (SSSR count). The summed E-state index contributed by atoms with van der Waals surface area (Å²) in [4.78, 5) is 12.8. The van der Waals surface area contributed by atoms with Crippen LogP contribution in [0.3, 0.4) is 0 Å². The first kappa shape index (κ1) is 12.7. The van der Waals surface area contributed by atoms with E-state index >= 15 is 0 Å². The van der Waals surface area contributed by atoms with Crippen molar-refractivity contribution in [2.45, 2.75) is 38.6 Å². The second-order valence-corrected chi connectivity index (χ2v) is 3.39. The van der Waals surface area contributed by atoms with Gasteiger partial charge < -0.3 is 5.11 Å². The van der Waals surface area contributed by atoms with Gasteiger partial charge in [-0.05, 0) is 32.4 Å². The van der Waals surface area contributed by atoms with Crippen LogP contribution in [-0.4, -0.2) is 35.1 Å². The first-order chi connectivity index (χ1) is 5.75. The Hall–Kier alpha value is -0.280. The summed E-state index contributed by atoms with van der Waals surface area (Å²) in [5.74, 6) is -0.649. The molecule has 0 aromatic carbocycles. The van der Waals surface area contributed by atoms with Gasteiger partial charge in [0.25, 0.3) is 0 Å². The lowest BCUT2D eigenvalue weighted by Crippen LogP contribution is -2.36. The van der Waals surface area contributed by atoms with E-state index in [1.807, 2.05) is 0 Å². The zero-order chi connectivity index (χ0) is 8.97. The Labute approximate surface area is 85.5 Å². The molecule has 0 bridgehead atoms. The van der Waals surface area contributed by atoms with Crippen molar-refractivity contribution >= 4 is 18.4 Å². The first-order valence-corrected chi connectivity index (χ1v) is 4.72. The molecule has 0 spiro atoms. The van der Waals surface area contributed by atoms with Crippen LogP contribution >= 0.6 is 12.4 Å². The molecule has 1 N–H and O–H groups in total. The normalized spacial score (nSPS) is 22.7. The molecule has 0 amide bonds. The fraction of sp³-hybridized carbons (Fsp3) is 0.889. The minimum Gasteiger partial charge on any atom is -0.480 e. The monoisotopic (exact) mass is 207 g/mol. The van der Waals surface area contributed by atoms with Crippen LogP contribution in [-0.2, 0) is 4.79 Å². The van der Waals surface area contributed by atoms with Crippen molar-refractivity contribution in [3.8, 4) is 0 Å². The number of hydrogen-bond donors (Lipinski definition) is 1. The van der Waals surface area contributed by atoms with Crippen molar-refractivity contribution in [3.63, 3.8) is 0 Å².